The average Bonchev–Trinajstić information content (AvgIpc) is 2.78. The minimum atomic E-state index is -0.810. The standard InChI is InChI=1S/C22H23BrIN3O6/c1-4-32-19(28)12-33-20-17(24)9-14(10-18(20)31-3)11-25-27-21(29)13(2)26-22(30)15-7-5-6-8-16(15)23/h5-11,13H,4,12H2,1-3H3,(H,26,30)(H,27,29). The fourth-order valence-electron chi connectivity index (χ4n) is 2.54. The van der Waals surface area contributed by atoms with Crippen LogP contribution in [-0.2, 0) is 14.3 Å². The van der Waals surface area contributed by atoms with Crippen molar-refractivity contribution in [2.24, 2.45) is 5.10 Å². The summed E-state index contributed by atoms with van der Waals surface area (Å²) >= 11 is 5.35. The molecule has 0 radical (unpaired) electrons. The van der Waals surface area contributed by atoms with E-state index in [9.17, 15) is 14.4 Å². The van der Waals surface area contributed by atoms with Crippen molar-refractivity contribution < 1.29 is 28.6 Å². The van der Waals surface area contributed by atoms with Crippen LogP contribution in [0.1, 0.15) is 29.8 Å². The van der Waals surface area contributed by atoms with Gasteiger partial charge in [0.15, 0.2) is 18.1 Å². The van der Waals surface area contributed by atoms with Crippen LogP contribution in [0.2, 0.25) is 0 Å². The molecule has 0 fully saturated rings. The zero-order chi connectivity index (χ0) is 24.4. The number of nitrogens with one attached hydrogen (secondary N) is 2. The molecule has 11 heteroatoms. The molecule has 0 aromatic heterocycles. The summed E-state index contributed by atoms with van der Waals surface area (Å²) in [5.41, 5.74) is 3.45. The third-order valence-corrected chi connectivity index (χ3v) is 5.63. The number of benzene rings is 2. The van der Waals surface area contributed by atoms with Crippen LogP contribution in [0.15, 0.2) is 46.0 Å². The van der Waals surface area contributed by atoms with E-state index in [2.05, 4.69) is 31.8 Å². The Morgan fingerprint density at radius 3 is 2.64 bits per heavy atom. The van der Waals surface area contributed by atoms with Crippen molar-refractivity contribution >= 4 is 62.5 Å². The van der Waals surface area contributed by atoms with Gasteiger partial charge in [-0.15, -0.1) is 0 Å². The Morgan fingerprint density at radius 1 is 1.24 bits per heavy atom. The molecule has 2 amide bonds. The molecule has 0 aliphatic heterocycles. The molecule has 0 saturated carbocycles. The zero-order valence-corrected chi connectivity index (χ0v) is 21.9. The molecule has 0 bridgehead atoms. The number of esters is 1. The second-order valence-corrected chi connectivity index (χ2v) is 8.55. The van der Waals surface area contributed by atoms with E-state index >= 15 is 0 Å². The fourth-order valence-corrected chi connectivity index (χ4v) is 3.79. The second-order valence-electron chi connectivity index (χ2n) is 6.54. The summed E-state index contributed by atoms with van der Waals surface area (Å²) in [6.45, 7) is 3.30. The number of hydrazone groups is 1. The monoisotopic (exact) mass is 631 g/mol. The Bertz CT molecular complexity index is 1050. The first-order chi connectivity index (χ1) is 15.8. The van der Waals surface area contributed by atoms with Crippen LogP contribution in [0.3, 0.4) is 0 Å². The van der Waals surface area contributed by atoms with Crippen molar-refractivity contribution in [2.75, 3.05) is 20.3 Å². The largest absolute Gasteiger partial charge is 0.493 e. The van der Waals surface area contributed by atoms with Gasteiger partial charge in [0.1, 0.15) is 6.04 Å². The van der Waals surface area contributed by atoms with Crippen molar-refractivity contribution in [3.8, 4) is 11.5 Å². The number of carbonyl (C=O) groups excluding carboxylic acids is 3. The molecule has 2 N–H and O–H groups in total. The van der Waals surface area contributed by atoms with E-state index in [-0.39, 0.29) is 19.1 Å². The molecule has 0 aliphatic rings. The Labute approximate surface area is 213 Å². The minimum Gasteiger partial charge on any atom is -0.493 e. The number of methoxy groups -OCH3 is 1. The number of hydrogen-bond donors (Lipinski definition) is 2. The molecular formula is C22H23BrIN3O6. The highest BCUT2D eigenvalue weighted by atomic mass is 127. The lowest BCUT2D eigenvalue weighted by atomic mass is 10.2. The van der Waals surface area contributed by atoms with Gasteiger partial charge in [-0.05, 0) is 82.2 Å². The van der Waals surface area contributed by atoms with Crippen molar-refractivity contribution in [1.82, 2.24) is 10.7 Å². The lowest BCUT2D eigenvalue weighted by Crippen LogP contribution is -2.43. The predicted octanol–water partition coefficient (Wildman–Crippen LogP) is 3.27. The van der Waals surface area contributed by atoms with Gasteiger partial charge in [-0.2, -0.15) is 5.10 Å². The molecule has 0 aliphatic carbocycles. The van der Waals surface area contributed by atoms with Crippen LogP contribution in [0.4, 0.5) is 0 Å². The fraction of sp³-hybridized carbons (Fsp3) is 0.273. The van der Waals surface area contributed by atoms with Crippen molar-refractivity contribution in [3.05, 3.63) is 55.6 Å². The summed E-state index contributed by atoms with van der Waals surface area (Å²) in [5, 5.41) is 6.57. The summed E-state index contributed by atoms with van der Waals surface area (Å²) in [4.78, 5) is 36.2. The Hall–Kier alpha value is -2.67. The molecule has 33 heavy (non-hydrogen) atoms. The van der Waals surface area contributed by atoms with Crippen LogP contribution in [0.25, 0.3) is 0 Å². The Kier molecular flexibility index (Phi) is 10.6. The highest BCUT2D eigenvalue weighted by Crippen LogP contribution is 2.33. The van der Waals surface area contributed by atoms with E-state index in [1.165, 1.54) is 13.3 Å². The summed E-state index contributed by atoms with van der Waals surface area (Å²) in [5.74, 6) is -0.553. The molecule has 2 aromatic carbocycles. The minimum absolute atomic E-state index is 0.243. The van der Waals surface area contributed by atoms with E-state index in [1.54, 1.807) is 50.2 Å². The third-order valence-electron chi connectivity index (χ3n) is 4.14. The molecule has 2 rings (SSSR count). The smallest absolute Gasteiger partial charge is 0.344 e. The highest BCUT2D eigenvalue weighted by Gasteiger charge is 2.18. The van der Waals surface area contributed by atoms with E-state index in [1.807, 2.05) is 22.6 Å². The number of rotatable bonds is 10. The van der Waals surface area contributed by atoms with Gasteiger partial charge in [-0.25, -0.2) is 10.2 Å². The molecule has 2 aromatic rings. The lowest BCUT2D eigenvalue weighted by Gasteiger charge is -2.13. The van der Waals surface area contributed by atoms with Gasteiger partial charge < -0.3 is 19.5 Å². The maximum atomic E-state index is 12.3. The van der Waals surface area contributed by atoms with E-state index in [0.29, 0.717) is 30.7 Å². The summed E-state index contributed by atoms with van der Waals surface area (Å²) in [7, 11) is 1.47. The number of amides is 2. The number of carbonyl (C=O) groups is 3. The van der Waals surface area contributed by atoms with Gasteiger partial charge in [0.25, 0.3) is 11.8 Å². The van der Waals surface area contributed by atoms with Crippen molar-refractivity contribution in [2.45, 2.75) is 19.9 Å². The van der Waals surface area contributed by atoms with Crippen molar-refractivity contribution in [3.63, 3.8) is 0 Å². The summed E-state index contributed by atoms with van der Waals surface area (Å²) in [6.07, 6.45) is 1.43. The van der Waals surface area contributed by atoms with Gasteiger partial charge in [-0.1, -0.05) is 12.1 Å². The van der Waals surface area contributed by atoms with Gasteiger partial charge in [0, 0.05) is 4.47 Å². The zero-order valence-electron chi connectivity index (χ0n) is 18.2. The topological polar surface area (TPSA) is 115 Å². The highest BCUT2D eigenvalue weighted by molar-refractivity contribution is 14.1. The first-order valence-electron chi connectivity index (χ1n) is 9.81. The SMILES string of the molecule is CCOC(=O)COc1c(I)cc(C=NNC(=O)C(C)NC(=O)c2ccccc2Br)cc1OC. The Morgan fingerprint density at radius 2 is 1.97 bits per heavy atom. The Balaban J connectivity index is 1.98. The van der Waals surface area contributed by atoms with E-state index < -0.39 is 17.9 Å². The number of nitrogens with zero attached hydrogens (tertiary/aromatic N) is 1. The molecule has 9 nitrogen and oxygen atoms in total. The van der Waals surface area contributed by atoms with E-state index in [0.717, 1.165) is 0 Å². The van der Waals surface area contributed by atoms with Gasteiger partial charge in [0.05, 0.1) is 29.1 Å². The number of ether oxygens (including phenoxy) is 3. The number of halogens is 2. The summed E-state index contributed by atoms with van der Waals surface area (Å²) in [6, 6.07) is 9.51. The lowest BCUT2D eigenvalue weighted by molar-refractivity contribution is -0.145. The maximum Gasteiger partial charge on any atom is 0.344 e. The molecule has 176 valence electrons. The van der Waals surface area contributed by atoms with Gasteiger partial charge in [0.2, 0.25) is 0 Å². The third kappa shape index (κ3) is 8.00. The van der Waals surface area contributed by atoms with Gasteiger partial charge >= 0.3 is 5.97 Å². The van der Waals surface area contributed by atoms with Crippen LogP contribution in [-0.4, -0.2) is 50.4 Å². The maximum absolute atomic E-state index is 12.3. The van der Waals surface area contributed by atoms with Crippen LogP contribution in [0, 0.1) is 3.57 Å². The quantitative estimate of drug-likeness (QED) is 0.180. The van der Waals surface area contributed by atoms with Crippen LogP contribution in [0.5, 0.6) is 11.5 Å². The predicted molar refractivity (Wildman–Crippen MR) is 135 cm³/mol. The van der Waals surface area contributed by atoms with Crippen molar-refractivity contribution in [1.29, 1.82) is 0 Å². The molecule has 1 atom stereocenters. The molecular weight excluding hydrogens is 609 g/mol. The second kappa shape index (κ2) is 13.1. The first kappa shape index (κ1) is 26.6. The molecule has 0 spiro atoms. The van der Waals surface area contributed by atoms with E-state index in [4.69, 9.17) is 14.2 Å². The van der Waals surface area contributed by atoms with Gasteiger partial charge in [-0.3, -0.25) is 9.59 Å². The molecule has 0 saturated heterocycles. The van der Waals surface area contributed by atoms with Crippen LogP contribution >= 0.6 is 38.5 Å². The first-order valence-corrected chi connectivity index (χ1v) is 11.7. The summed E-state index contributed by atoms with van der Waals surface area (Å²) < 4.78 is 17.0. The van der Waals surface area contributed by atoms with Crippen LogP contribution < -0.4 is 20.2 Å². The number of hydrogen-bond acceptors (Lipinski definition) is 7. The molecule has 1 unspecified atom stereocenters. The normalized spacial score (nSPS) is 11.5. The average molecular weight is 632 g/mol. The molecule has 0 heterocycles.